The molecule has 1 rings (SSSR count). The maximum absolute atomic E-state index is 10.8. The molecule has 0 radical (unpaired) electrons. The molecule has 7 heteroatoms. The van der Waals surface area contributed by atoms with Crippen LogP contribution < -0.4 is 5.32 Å². The quantitative estimate of drug-likeness (QED) is 0.722. The summed E-state index contributed by atoms with van der Waals surface area (Å²) in [6.07, 6.45) is 0.458. The van der Waals surface area contributed by atoms with Gasteiger partial charge >= 0.3 is 5.97 Å². The predicted molar refractivity (Wildman–Crippen MR) is 57.3 cm³/mol. The van der Waals surface area contributed by atoms with E-state index in [9.17, 15) is 9.59 Å². The number of carboxylic acids is 1. The van der Waals surface area contributed by atoms with Gasteiger partial charge in [-0.15, -0.1) is 0 Å². The number of nitrogens with zero attached hydrogens (tertiary/aromatic N) is 2. The first kappa shape index (κ1) is 12.5. The van der Waals surface area contributed by atoms with Crippen molar-refractivity contribution in [2.24, 2.45) is 7.05 Å². The molecule has 0 aliphatic rings. The van der Waals surface area contributed by atoms with Gasteiger partial charge in [0.2, 0.25) is 6.41 Å². The number of carbonyl (C=O) groups is 2. The molecule has 0 aromatic carbocycles. The summed E-state index contributed by atoms with van der Waals surface area (Å²) in [5.74, 6) is -1.11. The molecule has 1 aromatic rings. The number of aryl methyl sites for hydroxylation is 2. The normalized spacial score (nSPS) is 12.2. The molecule has 88 valence electrons. The number of aliphatic carboxylic acids is 1. The Morgan fingerprint density at radius 2 is 2.38 bits per heavy atom. The number of carboxylic acid groups (broad SMARTS) is 1. The Hall–Kier alpha value is -1.56. The first-order chi connectivity index (χ1) is 7.47. The van der Waals surface area contributed by atoms with Crippen molar-refractivity contribution in [3.63, 3.8) is 0 Å². The lowest BCUT2D eigenvalue weighted by molar-refractivity contribution is -0.140. The molecule has 0 aliphatic carbocycles. The Morgan fingerprint density at radius 3 is 2.75 bits per heavy atom. The number of carbonyl (C=O) groups excluding carboxylic acids is 1. The molecule has 1 aromatic heterocycles. The van der Waals surface area contributed by atoms with Gasteiger partial charge in [-0.2, -0.15) is 5.10 Å². The fraction of sp³-hybridized carbons (Fsp3) is 0.444. The molecule has 0 spiro atoms. The second-order valence-corrected chi connectivity index (χ2v) is 3.73. The van der Waals surface area contributed by atoms with Crippen molar-refractivity contribution in [2.45, 2.75) is 19.4 Å². The van der Waals surface area contributed by atoms with Crippen LogP contribution in [0, 0.1) is 6.92 Å². The molecule has 1 atom stereocenters. The predicted octanol–water partition coefficient (Wildman–Crippen LogP) is 0.124. The minimum absolute atomic E-state index is 0.101. The average Bonchev–Trinajstić information content (AvgIpc) is 2.43. The zero-order valence-electron chi connectivity index (χ0n) is 8.90. The summed E-state index contributed by atoms with van der Waals surface area (Å²) in [5.41, 5.74) is 1.22. The molecule has 0 aliphatic heterocycles. The number of hydrogen-bond donors (Lipinski definition) is 2. The Labute approximate surface area is 97.2 Å². The van der Waals surface area contributed by atoms with Crippen molar-refractivity contribution < 1.29 is 14.7 Å². The second kappa shape index (κ2) is 4.98. The Morgan fingerprint density at radius 1 is 1.75 bits per heavy atom. The molecule has 1 heterocycles. The van der Waals surface area contributed by atoms with Crippen LogP contribution in [0.2, 0.25) is 5.02 Å². The van der Waals surface area contributed by atoms with Gasteiger partial charge in [-0.25, -0.2) is 4.79 Å². The highest BCUT2D eigenvalue weighted by Crippen LogP contribution is 2.20. The van der Waals surface area contributed by atoms with Crippen LogP contribution >= 0.6 is 11.6 Å². The number of amides is 1. The maximum atomic E-state index is 10.8. The summed E-state index contributed by atoms with van der Waals surface area (Å²) in [4.78, 5) is 21.1. The standard InChI is InChI=1S/C9H12ClN3O3/c1-5-8(10)7(13(2)12-5)3-6(9(15)16)11-4-14/h4,6H,3H2,1-2H3,(H,11,14)(H,15,16). The Kier molecular flexibility index (Phi) is 3.89. The minimum Gasteiger partial charge on any atom is -0.480 e. The van der Waals surface area contributed by atoms with E-state index in [-0.39, 0.29) is 6.42 Å². The second-order valence-electron chi connectivity index (χ2n) is 3.35. The van der Waals surface area contributed by atoms with Gasteiger partial charge in [0.25, 0.3) is 0 Å². The molecule has 0 saturated carbocycles. The van der Waals surface area contributed by atoms with Crippen molar-refractivity contribution in [1.82, 2.24) is 15.1 Å². The van der Waals surface area contributed by atoms with Gasteiger partial charge in [0, 0.05) is 13.5 Å². The molecule has 0 fully saturated rings. The van der Waals surface area contributed by atoms with Gasteiger partial charge in [0.15, 0.2) is 0 Å². The minimum atomic E-state index is -1.11. The van der Waals surface area contributed by atoms with Crippen LogP contribution in [0.25, 0.3) is 0 Å². The van der Waals surface area contributed by atoms with Crippen LogP contribution in [0.15, 0.2) is 0 Å². The van der Waals surface area contributed by atoms with Gasteiger partial charge in [0.05, 0.1) is 16.4 Å². The van der Waals surface area contributed by atoms with Gasteiger partial charge in [-0.1, -0.05) is 11.6 Å². The Balaban J connectivity index is 2.93. The van der Waals surface area contributed by atoms with Gasteiger partial charge < -0.3 is 10.4 Å². The van der Waals surface area contributed by atoms with Crippen LogP contribution in [-0.4, -0.2) is 33.3 Å². The topological polar surface area (TPSA) is 84.2 Å². The lowest BCUT2D eigenvalue weighted by Crippen LogP contribution is -2.38. The number of nitrogens with one attached hydrogen (secondary N) is 1. The number of aromatic nitrogens is 2. The highest BCUT2D eigenvalue weighted by atomic mass is 35.5. The van der Waals surface area contributed by atoms with Crippen molar-refractivity contribution in [3.05, 3.63) is 16.4 Å². The molecular weight excluding hydrogens is 234 g/mol. The molecule has 6 nitrogen and oxygen atoms in total. The summed E-state index contributed by atoms with van der Waals surface area (Å²) >= 11 is 5.97. The fourth-order valence-corrected chi connectivity index (χ4v) is 1.63. The molecule has 1 unspecified atom stereocenters. The third-order valence-corrected chi connectivity index (χ3v) is 2.72. The molecule has 0 saturated heterocycles. The number of hydrogen-bond acceptors (Lipinski definition) is 3. The largest absolute Gasteiger partial charge is 0.480 e. The van der Waals surface area contributed by atoms with Gasteiger partial charge in [-0.05, 0) is 6.92 Å². The lowest BCUT2D eigenvalue weighted by atomic mass is 10.1. The fourth-order valence-electron chi connectivity index (χ4n) is 1.39. The van der Waals surface area contributed by atoms with E-state index in [2.05, 4.69) is 10.4 Å². The van der Waals surface area contributed by atoms with E-state index >= 15 is 0 Å². The van der Waals surface area contributed by atoms with Crippen LogP contribution in [0.3, 0.4) is 0 Å². The smallest absolute Gasteiger partial charge is 0.326 e. The average molecular weight is 246 g/mol. The van der Waals surface area contributed by atoms with E-state index in [1.165, 1.54) is 4.68 Å². The summed E-state index contributed by atoms with van der Waals surface area (Å²) < 4.78 is 1.51. The molecular formula is C9H12ClN3O3. The van der Waals surface area contributed by atoms with Crippen LogP contribution in [0.1, 0.15) is 11.4 Å². The lowest BCUT2D eigenvalue weighted by Gasteiger charge is -2.11. The van der Waals surface area contributed by atoms with Crippen LogP contribution in [-0.2, 0) is 23.1 Å². The van der Waals surface area contributed by atoms with E-state index in [0.29, 0.717) is 22.8 Å². The highest BCUT2D eigenvalue weighted by Gasteiger charge is 2.21. The van der Waals surface area contributed by atoms with Crippen molar-refractivity contribution in [3.8, 4) is 0 Å². The van der Waals surface area contributed by atoms with E-state index in [1.807, 2.05) is 0 Å². The number of halogens is 1. The van der Waals surface area contributed by atoms with Gasteiger partial charge in [0.1, 0.15) is 6.04 Å². The summed E-state index contributed by atoms with van der Waals surface area (Å²) in [7, 11) is 1.67. The third-order valence-electron chi connectivity index (χ3n) is 2.23. The van der Waals surface area contributed by atoms with Gasteiger partial charge in [-0.3, -0.25) is 9.48 Å². The SMILES string of the molecule is Cc1nn(C)c(CC(NC=O)C(=O)O)c1Cl. The molecule has 2 N–H and O–H groups in total. The highest BCUT2D eigenvalue weighted by molar-refractivity contribution is 6.31. The third kappa shape index (κ3) is 2.52. The van der Waals surface area contributed by atoms with Crippen molar-refractivity contribution in [2.75, 3.05) is 0 Å². The molecule has 16 heavy (non-hydrogen) atoms. The van der Waals surface area contributed by atoms with E-state index in [0.717, 1.165) is 0 Å². The number of rotatable bonds is 5. The Bertz CT molecular complexity index is 416. The zero-order valence-corrected chi connectivity index (χ0v) is 9.65. The van der Waals surface area contributed by atoms with E-state index in [1.54, 1.807) is 14.0 Å². The first-order valence-corrected chi connectivity index (χ1v) is 4.95. The van der Waals surface area contributed by atoms with E-state index in [4.69, 9.17) is 16.7 Å². The summed E-state index contributed by atoms with van der Waals surface area (Å²) in [6.45, 7) is 1.73. The van der Waals surface area contributed by atoms with Crippen molar-refractivity contribution >= 4 is 24.0 Å². The van der Waals surface area contributed by atoms with E-state index < -0.39 is 12.0 Å². The zero-order chi connectivity index (χ0) is 12.3. The van der Waals surface area contributed by atoms with Crippen LogP contribution in [0.5, 0.6) is 0 Å². The van der Waals surface area contributed by atoms with Crippen LogP contribution in [0.4, 0.5) is 0 Å². The summed E-state index contributed by atoms with van der Waals surface area (Å²) in [6, 6.07) is -0.996. The molecule has 0 bridgehead atoms. The maximum Gasteiger partial charge on any atom is 0.326 e. The molecule has 1 amide bonds. The first-order valence-electron chi connectivity index (χ1n) is 4.57. The summed E-state index contributed by atoms with van der Waals surface area (Å²) in [5, 5.41) is 15.6. The van der Waals surface area contributed by atoms with Crippen molar-refractivity contribution in [1.29, 1.82) is 0 Å². The monoisotopic (exact) mass is 245 g/mol.